The van der Waals surface area contributed by atoms with Crippen LogP contribution in [-0.4, -0.2) is 30.2 Å². The maximum atomic E-state index is 12.9. The van der Waals surface area contributed by atoms with Crippen LogP contribution in [0.25, 0.3) is 0 Å². The Morgan fingerprint density at radius 1 is 1.04 bits per heavy atom. The van der Waals surface area contributed by atoms with E-state index in [0.29, 0.717) is 17.1 Å². The number of rotatable bonds is 2. The standard InChI is InChI=1S/C17H16O6/c1-8-4-10(18)15-12(5-8)23-7-9-14(16(15)20)11(19)6-13(21-2)17(9)22-3/h4-6,18-19H,7H2,1-3H3. The first kappa shape index (κ1) is 15.0. The van der Waals surface area contributed by atoms with Gasteiger partial charge in [-0.1, -0.05) is 0 Å². The van der Waals surface area contributed by atoms with Crippen molar-refractivity contribution in [3.05, 3.63) is 40.5 Å². The number of ketones is 1. The summed E-state index contributed by atoms with van der Waals surface area (Å²) in [4.78, 5) is 12.9. The van der Waals surface area contributed by atoms with Gasteiger partial charge in [0.15, 0.2) is 11.5 Å². The van der Waals surface area contributed by atoms with Crippen LogP contribution in [0.5, 0.6) is 28.7 Å². The lowest BCUT2D eigenvalue weighted by Crippen LogP contribution is -2.07. The van der Waals surface area contributed by atoms with Crippen molar-refractivity contribution in [3.8, 4) is 28.7 Å². The fourth-order valence-corrected chi connectivity index (χ4v) is 2.80. The number of carbonyl (C=O) groups is 1. The Morgan fingerprint density at radius 3 is 2.39 bits per heavy atom. The molecule has 120 valence electrons. The SMILES string of the molecule is COc1cc(O)c2c(c1OC)COc1cc(C)cc(O)c1C2=O. The zero-order chi connectivity index (χ0) is 16.7. The number of hydrogen-bond donors (Lipinski definition) is 2. The summed E-state index contributed by atoms with van der Waals surface area (Å²) < 4.78 is 16.2. The summed E-state index contributed by atoms with van der Waals surface area (Å²) in [5.74, 6) is -0.0807. The van der Waals surface area contributed by atoms with Gasteiger partial charge in [0.05, 0.1) is 25.3 Å². The van der Waals surface area contributed by atoms with E-state index < -0.39 is 5.78 Å². The van der Waals surface area contributed by atoms with E-state index in [1.165, 1.54) is 26.4 Å². The number of fused-ring (bicyclic) bond motifs is 2. The van der Waals surface area contributed by atoms with Gasteiger partial charge in [-0.15, -0.1) is 0 Å². The fraction of sp³-hybridized carbons (Fsp3) is 0.235. The molecule has 0 bridgehead atoms. The highest BCUT2D eigenvalue weighted by molar-refractivity contribution is 6.15. The van der Waals surface area contributed by atoms with Crippen LogP contribution in [0.1, 0.15) is 27.0 Å². The van der Waals surface area contributed by atoms with E-state index in [9.17, 15) is 15.0 Å². The van der Waals surface area contributed by atoms with Gasteiger partial charge in [0.25, 0.3) is 0 Å². The molecular formula is C17H16O6. The monoisotopic (exact) mass is 316 g/mol. The zero-order valence-corrected chi connectivity index (χ0v) is 13.0. The number of phenolic OH excluding ortho intramolecular Hbond substituents is 2. The Hall–Kier alpha value is -2.89. The number of phenols is 2. The van der Waals surface area contributed by atoms with Crippen molar-refractivity contribution < 1.29 is 29.2 Å². The summed E-state index contributed by atoms with van der Waals surface area (Å²) in [5.41, 5.74) is 1.20. The first-order valence-corrected chi connectivity index (χ1v) is 6.95. The molecule has 1 aliphatic heterocycles. The summed E-state index contributed by atoms with van der Waals surface area (Å²) in [7, 11) is 2.88. The summed E-state index contributed by atoms with van der Waals surface area (Å²) in [6, 6.07) is 4.45. The Kier molecular flexibility index (Phi) is 3.52. The lowest BCUT2D eigenvalue weighted by molar-refractivity contribution is 0.103. The molecule has 0 fully saturated rings. The molecule has 3 rings (SSSR count). The first-order chi connectivity index (χ1) is 11.0. The van der Waals surface area contributed by atoms with E-state index in [-0.39, 0.29) is 35.0 Å². The van der Waals surface area contributed by atoms with Crippen molar-refractivity contribution >= 4 is 5.78 Å². The normalized spacial score (nSPS) is 12.7. The molecule has 6 heteroatoms. The Bertz CT molecular complexity index is 809. The lowest BCUT2D eigenvalue weighted by Gasteiger charge is -2.15. The third-order valence-electron chi connectivity index (χ3n) is 3.80. The second-order valence-corrected chi connectivity index (χ2v) is 5.26. The van der Waals surface area contributed by atoms with Gasteiger partial charge in [0, 0.05) is 6.07 Å². The predicted octanol–water partition coefficient (Wildman–Crippen LogP) is 2.55. The Morgan fingerprint density at radius 2 is 1.74 bits per heavy atom. The molecule has 0 saturated carbocycles. The molecule has 0 radical (unpaired) electrons. The van der Waals surface area contributed by atoms with Crippen LogP contribution in [0.15, 0.2) is 18.2 Å². The molecule has 1 heterocycles. The maximum Gasteiger partial charge on any atom is 0.204 e. The summed E-state index contributed by atoms with van der Waals surface area (Å²) in [5, 5.41) is 20.4. The third kappa shape index (κ3) is 2.23. The molecule has 23 heavy (non-hydrogen) atoms. The van der Waals surface area contributed by atoms with Gasteiger partial charge in [-0.25, -0.2) is 0 Å². The van der Waals surface area contributed by atoms with Crippen LogP contribution < -0.4 is 14.2 Å². The molecule has 2 aromatic carbocycles. The van der Waals surface area contributed by atoms with Gasteiger partial charge >= 0.3 is 0 Å². The van der Waals surface area contributed by atoms with Crippen molar-refractivity contribution in [2.24, 2.45) is 0 Å². The van der Waals surface area contributed by atoms with Gasteiger partial charge in [0.2, 0.25) is 5.78 Å². The number of hydrogen-bond acceptors (Lipinski definition) is 6. The van der Waals surface area contributed by atoms with Gasteiger partial charge in [-0.3, -0.25) is 4.79 Å². The largest absolute Gasteiger partial charge is 0.507 e. The molecule has 0 spiro atoms. The Balaban J connectivity index is 2.30. The highest BCUT2D eigenvalue weighted by atomic mass is 16.5. The number of methoxy groups -OCH3 is 2. The van der Waals surface area contributed by atoms with Crippen molar-refractivity contribution in [2.75, 3.05) is 14.2 Å². The van der Waals surface area contributed by atoms with E-state index in [1.54, 1.807) is 13.0 Å². The second-order valence-electron chi connectivity index (χ2n) is 5.26. The second kappa shape index (κ2) is 5.39. The molecule has 0 unspecified atom stereocenters. The average Bonchev–Trinajstić information content (AvgIpc) is 2.64. The highest BCUT2D eigenvalue weighted by Gasteiger charge is 2.32. The number of benzene rings is 2. The van der Waals surface area contributed by atoms with E-state index in [0.717, 1.165) is 5.56 Å². The first-order valence-electron chi connectivity index (χ1n) is 6.95. The molecule has 0 aliphatic carbocycles. The van der Waals surface area contributed by atoms with Crippen LogP contribution in [-0.2, 0) is 6.61 Å². The molecule has 6 nitrogen and oxygen atoms in total. The topological polar surface area (TPSA) is 85.2 Å². The Labute approximate surface area is 132 Å². The van der Waals surface area contributed by atoms with Crippen LogP contribution in [0, 0.1) is 6.92 Å². The van der Waals surface area contributed by atoms with Gasteiger partial charge in [-0.2, -0.15) is 0 Å². The molecule has 0 saturated heterocycles. The maximum absolute atomic E-state index is 12.9. The number of ether oxygens (including phenoxy) is 3. The average molecular weight is 316 g/mol. The smallest absolute Gasteiger partial charge is 0.204 e. The molecule has 0 atom stereocenters. The van der Waals surface area contributed by atoms with Crippen LogP contribution in [0.4, 0.5) is 0 Å². The van der Waals surface area contributed by atoms with Gasteiger partial charge < -0.3 is 24.4 Å². The molecular weight excluding hydrogens is 300 g/mol. The minimum Gasteiger partial charge on any atom is -0.507 e. The number of aromatic hydroxyl groups is 2. The van der Waals surface area contributed by atoms with Crippen molar-refractivity contribution in [1.82, 2.24) is 0 Å². The highest BCUT2D eigenvalue weighted by Crippen LogP contribution is 2.44. The summed E-state index contributed by atoms with van der Waals surface area (Å²) in [6.45, 7) is 1.79. The van der Waals surface area contributed by atoms with Crippen LogP contribution in [0.2, 0.25) is 0 Å². The van der Waals surface area contributed by atoms with E-state index >= 15 is 0 Å². The van der Waals surface area contributed by atoms with E-state index in [1.807, 2.05) is 0 Å². The minimum absolute atomic E-state index is 0.00486. The fourth-order valence-electron chi connectivity index (χ4n) is 2.80. The molecule has 0 aromatic heterocycles. The van der Waals surface area contributed by atoms with Crippen molar-refractivity contribution in [2.45, 2.75) is 13.5 Å². The number of aryl methyl sites for hydroxylation is 1. The minimum atomic E-state index is -0.525. The van der Waals surface area contributed by atoms with Crippen LogP contribution in [0.3, 0.4) is 0 Å². The van der Waals surface area contributed by atoms with E-state index in [2.05, 4.69) is 0 Å². The van der Waals surface area contributed by atoms with Crippen molar-refractivity contribution in [3.63, 3.8) is 0 Å². The van der Waals surface area contributed by atoms with Crippen LogP contribution >= 0.6 is 0 Å². The van der Waals surface area contributed by atoms with Crippen molar-refractivity contribution in [1.29, 1.82) is 0 Å². The zero-order valence-electron chi connectivity index (χ0n) is 13.0. The van der Waals surface area contributed by atoms with Gasteiger partial charge in [-0.05, 0) is 24.6 Å². The van der Waals surface area contributed by atoms with Gasteiger partial charge in [0.1, 0.15) is 29.4 Å². The summed E-state index contributed by atoms with van der Waals surface area (Å²) >= 11 is 0. The van der Waals surface area contributed by atoms with E-state index in [4.69, 9.17) is 14.2 Å². The lowest BCUT2D eigenvalue weighted by atomic mass is 9.95. The molecule has 2 aromatic rings. The predicted molar refractivity (Wildman–Crippen MR) is 81.8 cm³/mol. The number of carbonyl (C=O) groups excluding carboxylic acids is 1. The molecule has 2 N–H and O–H groups in total. The quantitative estimate of drug-likeness (QED) is 0.885. The summed E-state index contributed by atoms with van der Waals surface area (Å²) in [6.07, 6.45) is 0. The third-order valence-corrected chi connectivity index (χ3v) is 3.80. The molecule has 0 amide bonds. The molecule has 1 aliphatic rings.